The zero-order chi connectivity index (χ0) is 13.4. The summed E-state index contributed by atoms with van der Waals surface area (Å²) >= 11 is 0. The van der Waals surface area contributed by atoms with Crippen LogP contribution in [0.15, 0.2) is 42.5 Å². The lowest BCUT2D eigenvalue weighted by Gasteiger charge is -2.08. The van der Waals surface area contributed by atoms with Gasteiger partial charge in [-0.25, -0.2) is 10.8 Å². The second-order valence-electron chi connectivity index (χ2n) is 4.48. The van der Waals surface area contributed by atoms with Gasteiger partial charge in [0.1, 0.15) is 5.69 Å². The van der Waals surface area contributed by atoms with Crippen molar-refractivity contribution in [2.24, 2.45) is 5.84 Å². The number of carbonyl (C=O) groups excluding carboxylic acids is 1. The Balaban J connectivity index is 2.43. The van der Waals surface area contributed by atoms with Crippen LogP contribution in [0.25, 0.3) is 21.7 Å². The van der Waals surface area contributed by atoms with E-state index >= 15 is 0 Å². The molecule has 3 rings (SSSR count). The summed E-state index contributed by atoms with van der Waals surface area (Å²) in [6.45, 7) is 1.96. The van der Waals surface area contributed by atoms with Gasteiger partial charge >= 0.3 is 0 Å². The normalized spacial score (nSPS) is 10.8. The minimum atomic E-state index is -0.377. The highest BCUT2D eigenvalue weighted by atomic mass is 16.2. The van der Waals surface area contributed by atoms with E-state index < -0.39 is 0 Å². The lowest BCUT2D eigenvalue weighted by Crippen LogP contribution is -2.30. The highest BCUT2D eigenvalue weighted by molar-refractivity contribution is 6.07. The SMILES string of the molecule is Cc1cc(C(=O)NN)nc2c1ccc1ccccc12. The standard InChI is InChI=1S/C15H13N3O/c1-9-8-13(15(19)18-16)17-14-11(9)7-6-10-4-2-3-5-12(10)14/h2-8H,16H2,1H3,(H,18,19). The molecular weight excluding hydrogens is 238 g/mol. The molecule has 1 amide bonds. The van der Waals surface area contributed by atoms with E-state index in [1.54, 1.807) is 6.07 Å². The Bertz CT molecular complexity index is 796. The van der Waals surface area contributed by atoms with Gasteiger partial charge in [0.2, 0.25) is 0 Å². The van der Waals surface area contributed by atoms with Crippen molar-refractivity contribution in [3.8, 4) is 0 Å². The van der Waals surface area contributed by atoms with Crippen LogP contribution in [0, 0.1) is 6.92 Å². The van der Waals surface area contributed by atoms with Gasteiger partial charge in [0, 0.05) is 10.8 Å². The van der Waals surface area contributed by atoms with Crippen LogP contribution >= 0.6 is 0 Å². The second-order valence-corrected chi connectivity index (χ2v) is 4.48. The minimum Gasteiger partial charge on any atom is -0.289 e. The van der Waals surface area contributed by atoms with E-state index in [9.17, 15) is 4.79 Å². The lowest BCUT2D eigenvalue weighted by atomic mass is 10.0. The fourth-order valence-corrected chi connectivity index (χ4v) is 2.32. The number of aryl methyl sites for hydroxylation is 1. The van der Waals surface area contributed by atoms with E-state index in [2.05, 4.69) is 16.5 Å². The summed E-state index contributed by atoms with van der Waals surface area (Å²) in [6, 6.07) is 13.8. The van der Waals surface area contributed by atoms with Crippen molar-refractivity contribution in [2.45, 2.75) is 6.92 Å². The number of pyridine rings is 1. The molecule has 0 unspecified atom stereocenters. The average Bonchev–Trinajstić information content (AvgIpc) is 2.46. The number of nitrogens with one attached hydrogen (secondary N) is 1. The van der Waals surface area contributed by atoms with E-state index in [4.69, 9.17) is 5.84 Å². The predicted octanol–water partition coefficient (Wildman–Crippen LogP) is 2.30. The number of hydrogen-bond acceptors (Lipinski definition) is 3. The fraction of sp³-hybridized carbons (Fsp3) is 0.0667. The summed E-state index contributed by atoms with van der Waals surface area (Å²) in [4.78, 5) is 16.1. The van der Waals surface area contributed by atoms with Crippen molar-refractivity contribution in [1.82, 2.24) is 10.4 Å². The van der Waals surface area contributed by atoms with Crippen LogP contribution in [-0.4, -0.2) is 10.9 Å². The highest BCUT2D eigenvalue weighted by Gasteiger charge is 2.10. The number of carbonyl (C=O) groups is 1. The van der Waals surface area contributed by atoms with Crippen LogP contribution in [-0.2, 0) is 0 Å². The third kappa shape index (κ3) is 1.82. The van der Waals surface area contributed by atoms with E-state index in [0.29, 0.717) is 5.69 Å². The van der Waals surface area contributed by atoms with Gasteiger partial charge in [-0.2, -0.15) is 0 Å². The molecule has 0 bridgehead atoms. The van der Waals surface area contributed by atoms with E-state index in [1.807, 2.05) is 37.3 Å². The Morgan fingerprint density at radius 3 is 2.74 bits per heavy atom. The van der Waals surface area contributed by atoms with Crippen LogP contribution in [0.1, 0.15) is 16.1 Å². The third-order valence-electron chi connectivity index (χ3n) is 3.27. The molecule has 1 aromatic heterocycles. The molecule has 4 nitrogen and oxygen atoms in total. The number of nitrogen functional groups attached to an aromatic ring is 1. The number of rotatable bonds is 1. The van der Waals surface area contributed by atoms with Crippen LogP contribution in [0.5, 0.6) is 0 Å². The predicted molar refractivity (Wildman–Crippen MR) is 75.6 cm³/mol. The first kappa shape index (κ1) is 11.6. The smallest absolute Gasteiger partial charge is 0.283 e. The maximum absolute atomic E-state index is 11.6. The first-order valence-electron chi connectivity index (χ1n) is 6.01. The molecule has 0 aliphatic rings. The molecule has 3 N–H and O–H groups in total. The van der Waals surface area contributed by atoms with Crippen molar-refractivity contribution in [3.05, 3.63) is 53.7 Å². The van der Waals surface area contributed by atoms with Crippen molar-refractivity contribution in [2.75, 3.05) is 0 Å². The molecular formula is C15H13N3O. The molecule has 0 radical (unpaired) electrons. The number of amides is 1. The van der Waals surface area contributed by atoms with Crippen molar-refractivity contribution in [3.63, 3.8) is 0 Å². The molecule has 2 aromatic carbocycles. The molecule has 94 valence electrons. The molecule has 0 saturated carbocycles. The first-order valence-corrected chi connectivity index (χ1v) is 6.01. The van der Waals surface area contributed by atoms with E-state index in [-0.39, 0.29) is 5.91 Å². The van der Waals surface area contributed by atoms with Gasteiger partial charge in [-0.1, -0.05) is 36.4 Å². The number of benzene rings is 2. The van der Waals surface area contributed by atoms with Crippen LogP contribution in [0.3, 0.4) is 0 Å². The molecule has 1 heterocycles. The largest absolute Gasteiger partial charge is 0.289 e. The zero-order valence-corrected chi connectivity index (χ0v) is 10.5. The van der Waals surface area contributed by atoms with Crippen molar-refractivity contribution < 1.29 is 4.79 Å². The Morgan fingerprint density at radius 2 is 1.95 bits per heavy atom. The summed E-state index contributed by atoms with van der Waals surface area (Å²) in [5, 5.41) is 3.19. The molecule has 3 aromatic rings. The van der Waals surface area contributed by atoms with Crippen LogP contribution in [0.4, 0.5) is 0 Å². The number of nitrogens with zero attached hydrogens (tertiary/aromatic N) is 1. The van der Waals surface area contributed by atoms with Crippen LogP contribution in [0.2, 0.25) is 0 Å². The third-order valence-corrected chi connectivity index (χ3v) is 3.27. The summed E-state index contributed by atoms with van der Waals surface area (Å²) in [7, 11) is 0. The maximum Gasteiger partial charge on any atom is 0.283 e. The minimum absolute atomic E-state index is 0.337. The molecule has 0 aliphatic heterocycles. The molecule has 0 spiro atoms. The number of fused-ring (bicyclic) bond motifs is 3. The molecule has 0 saturated heterocycles. The van der Waals surface area contributed by atoms with Gasteiger partial charge in [-0.3, -0.25) is 10.2 Å². The summed E-state index contributed by atoms with van der Waals surface area (Å²) in [6.07, 6.45) is 0. The Hall–Kier alpha value is -2.46. The monoisotopic (exact) mass is 251 g/mol. The summed E-state index contributed by atoms with van der Waals surface area (Å²) in [5.41, 5.74) is 4.30. The van der Waals surface area contributed by atoms with Gasteiger partial charge in [-0.05, 0) is 23.9 Å². The van der Waals surface area contributed by atoms with E-state index in [0.717, 1.165) is 27.2 Å². The molecule has 0 atom stereocenters. The lowest BCUT2D eigenvalue weighted by molar-refractivity contribution is 0.0949. The number of hydrogen-bond donors (Lipinski definition) is 2. The first-order chi connectivity index (χ1) is 9.20. The number of nitrogens with two attached hydrogens (primary N) is 1. The average molecular weight is 251 g/mol. The molecule has 0 aliphatic carbocycles. The highest BCUT2D eigenvalue weighted by Crippen LogP contribution is 2.26. The molecule has 19 heavy (non-hydrogen) atoms. The Morgan fingerprint density at radius 1 is 1.16 bits per heavy atom. The Kier molecular flexibility index (Phi) is 2.65. The van der Waals surface area contributed by atoms with Gasteiger partial charge in [-0.15, -0.1) is 0 Å². The van der Waals surface area contributed by atoms with Gasteiger partial charge < -0.3 is 0 Å². The van der Waals surface area contributed by atoms with Crippen LogP contribution < -0.4 is 11.3 Å². The number of aromatic nitrogens is 1. The van der Waals surface area contributed by atoms with Gasteiger partial charge in [0.25, 0.3) is 5.91 Å². The van der Waals surface area contributed by atoms with Gasteiger partial charge in [0.15, 0.2) is 0 Å². The second kappa shape index (κ2) is 4.33. The number of hydrazine groups is 1. The molecule has 0 fully saturated rings. The fourth-order valence-electron chi connectivity index (χ4n) is 2.32. The van der Waals surface area contributed by atoms with Crippen molar-refractivity contribution in [1.29, 1.82) is 0 Å². The summed E-state index contributed by atoms with van der Waals surface area (Å²) < 4.78 is 0. The Labute approximate surface area is 110 Å². The van der Waals surface area contributed by atoms with E-state index in [1.165, 1.54) is 0 Å². The molecule has 4 heteroatoms. The summed E-state index contributed by atoms with van der Waals surface area (Å²) in [5.74, 6) is 4.79. The maximum atomic E-state index is 11.6. The van der Waals surface area contributed by atoms with Crippen molar-refractivity contribution >= 4 is 27.6 Å². The van der Waals surface area contributed by atoms with Gasteiger partial charge in [0.05, 0.1) is 5.52 Å². The quantitative estimate of drug-likeness (QED) is 0.302. The topological polar surface area (TPSA) is 68.0 Å². The zero-order valence-electron chi connectivity index (χ0n) is 10.5.